The van der Waals surface area contributed by atoms with E-state index in [0.717, 1.165) is 52.1 Å². The first-order valence-electron chi connectivity index (χ1n) is 8.56. The van der Waals surface area contributed by atoms with Gasteiger partial charge in [-0.3, -0.25) is 4.79 Å². The van der Waals surface area contributed by atoms with Crippen LogP contribution in [0.15, 0.2) is 41.8 Å². The quantitative estimate of drug-likeness (QED) is 0.672. The third-order valence-corrected chi connectivity index (χ3v) is 6.62. The highest BCUT2D eigenvalue weighted by Gasteiger charge is 2.27. The van der Waals surface area contributed by atoms with Crippen LogP contribution in [0, 0.1) is 0 Å². The number of rotatable bonds is 4. The third-order valence-electron chi connectivity index (χ3n) is 4.64. The number of methoxy groups -OCH3 is 1. The lowest BCUT2D eigenvalue weighted by molar-refractivity contribution is 0.0718. The van der Waals surface area contributed by atoms with Crippen LogP contribution in [0.25, 0.3) is 10.6 Å². The molecule has 4 rings (SSSR count). The lowest BCUT2D eigenvalue weighted by atomic mass is 9.97. The van der Waals surface area contributed by atoms with Gasteiger partial charge in [0.25, 0.3) is 5.91 Å². The standard InChI is InChI=1S/C19H19N3O2S2/c1-24-15-6-3-2-5-14(15)18-21-20-17(26-18)13-8-10-22(11-9-13)19(23)16-7-4-12-25-16/h2-7,12-13H,8-11H2,1H3. The molecule has 3 aromatic rings. The molecular weight excluding hydrogens is 366 g/mol. The Hall–Kier alpha value is -2.25. The zero-order chi connectivity index (χ0) is 17.9. The molecule has 0 saturated carbocycles. The molecule has 5 nitrogen and oxygen atoms in total. The number of ether oxygens (including phenoxy) is 1. The Morgan fingerprint density at radius 1 is 1.15 bits per heavy atom. The van der Waals surface area contributed by atoms with Crippen LogP contribution in [0.1, 0.15) is 33.4 Å². The van der Waals surface area contributed by atoms with Crippen molar-refractivity contribution < 1.29 is 9.53 Å². The van der Waals surface area contributed by atoms with E-state index < -0.39 is 0 Å². The fourth-order valence-corrected chi connectivity index (χ4v) is 4.95. The topological polar surface area (TPSA) is 55.3 Å². The van der Waals surface area contributed by atoms with Gasteiger partial charge in [0.15, 0.2) is 5.01 Å². The molecular formula is C19H19N3O2S2. The van der Waals surface area contributed by atoms with Gasteiger partial charge in [-0.15, -0.1) is 21.5 Å². The van der Waals surface area contributed by atoms with Crippen LogP contribution in [0.2, 0.25) is 0 Å². The Labute approximate surface area is 160 Å². The number of amides is 1. The van der Waals surface area contributed by atoms with Crippen molar-refractivity contribution in [1.82, 2.24) is 15.1 Å². The van der Waals surface area contributed by atoms with Crippen molar-refractivity contribution in [1.29, 1.82) is 0 Å². The summed E-state index contributed by atoms with van der Waals surface area (Å²) >= 11 is 3.13. The second-order valence-corrected chi connectivity index (χ2v) is 8.15. The second-order valence-electron chi connectivity index (χ2n) is 6.19. The average Bonchev–Trinajstić information content (AvgIpc) is 3.39. The van der Waals surface area contributed by atoms with Gasteiger partial charge >= 0.3 is 0 Å². The number of piperidine rings is 1. The number of para-hydroxylation sites is 1. The van der Waals surface area contributed by atoms with E-state index in [2.05, 4.69) is 10.2 Å². The summed E-state index contributed by atoms with van der Waals surface area (Å²) in [6.07, 6.45) is 1.86. The zero-order valence-electron chi connectivity index (χ0n) is 14.4. The second kappa shape index (κ2) is 7.55. The fraction of sp³-hybridized carbons (Fsp3) is 0.316. The molecule has 0 aliphatic carbocycles. The smallest absolute Gasteiger partial charge is 0.263 e. The predicted molar refractivity (Wildman–Crippen MR) is 104 cm³/mol. The van der Waals surface area contributed by atoms with E-state index in [1.54, 1.807) is 18.4 Å². The summed E-state index contributed by atoms with van der Waals surface area (Å²) in [4.78, 5) is 15.2. The summed E-state index contributed by atoms with van der Waals surface area (Å²) < 4.78 is 5.43. The maximum atomic E-state index is 12.5. The Bertz CT molecular complexity index is 884. The molecule has 0 N–H and O–H groups in total. The first kappa shape index (κ1) is 17.2. The zero-order valence-corrected chi connectivity index (χ0v) is 16.1. The van der Waals surface area contributed by atoms with Gasteiger partial charge in [-0.25, -0.2) is 0 Å². The summed E-state index contributed by atoms with van der Waals surface area (Å²) in [7, 11) is 1.67. The van der Waals surface area contributed by atoms with Crippen molar-refractivity contribution in [3.63, 3.8) is 0 Å². The van der Waals surface area contributed by atoms with Crippen LogP contribution < -0.4 is 4.74 Å². The molecule has 134 valence electrons. The van der Waals surface area contributed by atoms with E-state index in [1.807, 2.05) is 46.7 Å². The number of carbonyl (C=O) groups is 1. The van der Waals surface area contributed by atoms with Crippen LogP contribution in [-0.4, -0.2) is 41.2 Å². The van der Waals surface area contributed by atoms with Crippen molar-refractivity contribution in [3.05, 3.63) is 51.7 Å². The molecule has 0 spiro atoms. The molecule has 1 aliphatic heterocycles. The molecule has 1 saturated heterocycles. The van der Waals surface area contributed by atoms with Gasteiger partial charge in [0.05, 0.1) is 17.6 Å². The van der Waals surface area contributed by atoms with E-state index in [4.69, 9.17) is 4.74 Å². The first-order valence-corrected chi connectivity index (χ1v) is 10.3. The van der Waals surface area contributed by atoms with Crippen molar-refractivity contribution in [2.45, 2.75) is 18.8 Å². The van der Waals surface area contributed by atoms with Gasteiger partial charge in [0.1, 0.15) is 10.8 Å². The van der Waals surface area contributed by atoms with E-state index in [-0.39, 0.29) is 5.91 Å². The Kier molecular flexibility index (Phi) is 4.99. The van der Waals surface area contributed by atoms with Crippen LogP contribution in [0.4, 0.5) is 0 Å². The number of hydrogen-bond acceptors (Lipinski definition) is 6. The predicted octanol–water partition coefficient (Wildman–Crippen LogP) is 4.30. The van der Waals surface area contributed by atoms with E-state index in [9.17, 15) is 4.79 Å². The molecule has 0 atom stereocenters. The number of nitrogens with zero attached hydrogens (tertiary/aromatic N) is 3. The third kappa shape index (κ3) is 3.37. The van der Waals surface area contributed by atoms with Gasteiger partial charge in [-0.1, -0.05) is 29.5 Å². The summed E-state index contributed by atoms with van der Waals surface area (Å²) in [6, 6.07) is 11.7. The molecule has 7 heteroatoms. The number of benzene rings is 1. The lowest BCUT2D eigenvalue weighted by Crippen LogP contribution is -2.37. The first-order chi connectivity index (χ1) is 12.8. The minimum Gasteiger partial charge on any atom is -0.496 e. The largest absolute Gasteiger partial charge is 0.496 e. The highest BCUT2D eigenvalue weighted by atomic mass is 32.1. The summed E-state index contributed by atoms with van der Waals surface area (Å²) in [5.41, 5.74) is 0.976. The van der Waals surface area contributed by atoms with Gasteiger partial charge in [0, 0.05) is 19.0 Å². The molecule has 1 fully saturated rings. The molecule has 0 unspecified atom stereocenters. The van der Waals surface area contributed by atoms with Crippen LogP contribution in [-0.2, 0) is 0 Å². The van der Waals surface area contributed by atoms with Gasteiger partial charge in [-0.2, -0.15) is 0 Å². The number of likely N-dealkylation sites (tertiary alicyclic amines) is 1. The number of thiophene rings is 1. The summed E-state index contributed by atoms with van der Waals surface area (Å²) in [5, 5.41) is 12.7. The lowest BCUT2D eigenvalue weighted by Gasteiger charge is -2.30. The minimum absolute atomic E-state index is 0.144. The van der Waals surface area contributed by atoms with E-state index in [1.165, 1.54) is 11.3 Å². The highest BCUT2D eigenvalue weighted by molar-refractivity contribution is 7.14. The Morgan fingerprint density at radius 2 is 1.96 bits per heavy atom. The number of hydrogen-bond donors (Lipinski definition) is 0. The molecule has 1 aliphatic rings. The van der Waals surface area contributed by atoms with E-state index in [0.29, 0.717) is 5.92 Å². The Balaban J connectivity index is 1.44. The summed E-state index contributed by atoms with van der Waals surface area (Å²) in [6.45, 7) is 1.54. The van der Waals surface area contributed by atoms with Crippen LogP contribution in [0.5, 0.6) is 5.75 Å². The fourth-order valence-electron chi connectivity index (χ4n) is 3.22. The number of carbonyl (C=O) groups excluding carboxylic acids is 1. The van der Waals surface area contributed by atoms with Gasteiger partial charge < -0.3 is 9.64 Å². The maximum Gasteiger partial charge on any atom is 0.263 e. The molecule has 3 heterocycles. The maximum absolute atomic E-state index is 12.5. The van der Waals surface area contributed by atoms with Gasteiger partial charge in [0.2, 0.25) is 0 Å². The normalized spacial score (nSPS) is 15.2. The highest BCUT2D eigenvalue weighted by Crippen LogP contribution is 2.36. The monoisotopic (exact) mass is 385 g/mol. The van der Waals surface area contributed by atoms with Crippen molar-refractivity contribution in [3.8, 4) is 16.3 Å². The van der Waals surface area contributed by atoms with Crippen molar-refractivity contribution >= 4 is 28.6 Å². The molecule has 1 amide bonds. The number of aromatic nitrogens is 2. The molecule has 26 heavy (non-hydrogen) atoms. The SMILES string of the molecule is COc1ccccc1-c1nnc(C2CCN(C(=O)c3cccs3)CC2)s1. The average molecular weight is 386 g/mol. The molecule has 0 radical (unpaired) electrons. The molecule has 2 aromatic heterocycles. The van der Waals surface area contributed by atoms with Crippen LogP contribution in [0.3, 0.4) is 0 Å². The Morgan fingerprint density at radius 3 is 2.69 bits per heavy atom. The summed E-state index contributed by atoms with van der Waals surface area (Å²) in [5.74, 6) is 1.32. The molecule has 0 bridgehead atoms. The minimum atomic E-state index is 0.144. The van der Waals surface area contributed by atoms with Crippen molar-refractivity contribution in [2.75, 3.05) is 20.2 Å². The molecule has 1 aromatic carbocycles. The van der Waals surface area contributed by atoms with E-state index >= 15 is 0 Å². The van der Waals surface area contributed by atoms with Crippen LogP contribution >= 0.6 is 22.7 Å². The van der Waals surface area contributed by atoms with Gasteiger partial charge in [-0.05, 0) is 36.4 Å². The van der Waals surface area contributed by atoms with Crippen molar-refractivity contribution in [2.24, 2.45) is 0 Å².